The largest absolute Gasteiger partial charge is 0.372 e. The molecule has 3 atom stereocenters. The maximum Gasteiger partial charge on any atom is 0.253 e. The average molecular weight is 355 g/mol. The van der Waals surface area contributed by atoms with Crippen LogP contribution in [0, 0.1) is 11.8 Å². The Balaban J connectivity index is 1.40. The molecule has 2 heterocycles. The Morgan fingerprint density at radius 2 is 1.77 bits per heavy atom. The number of fused-ring (bicyclic) bond motifs is 1. The minimum Gasteiger partial charge on any atom is -0.372 e. The first kappa shape index (κ1) is 17.4. The lowest BCUT2D eigenvalue weighted by Crippen LogP contribution is -2.38. The molecule has 5 nitrogen and oxygen atoms in total. The molecular weight excluding hydrogens is 326 g/mol. The Morgan fingerprint density at radius 1 is 1.08 bits per heavy atom. The molecule has 1 aromatic rings. The number of carbonyl (C=O) groups is 2. The number of nitrogens with zero attached hydrogens (tertiary/aromatic N) is 2. The standard InChI is InChI=1S/C21H29N3O2/c1-23(19-11-16-13-20(25)22-14-17(16)12-19)21(26)15-5-7-18(8-6-15)24-9-3-2-4-10-24/h5-8,16-17,19H,2-4,9-14H2,1H3,(H,22,25)/t16-,17+,19-/m1/s1. The molecule has 0 spiro atoms. The number of benzene rings is 1. The molecule has 2 saturated heterocycles. The molecule has 140 valence electrons. The van der Waals surface area contributed by atoms with E-state index < -0.39 is 0 Å². The Bertz CT molecular complexity index is 666. The molecule has 0 radical (unpaired) electrons. The summed E-state index contributed by atoms with van der Waals surface area (Å²) in [6.07, 6.45) is 6.40. The molecule has 3 aliphatic rings. The Morgan fingerprint density at radius 3 is 2.50 bits per heavy atom. The van der Waals surface area contributed by atoms with Crippen molar-refractivity contribution in [2.45, 2.75) is 44.6 Å². The predicted molar refractivity (Wildman–Crippen MR) is 102 cm³/mol. The quantitative estimate of drug-likeness (QED) is 0.907. The van der Waals surface area contributed by atoms with Gasteiger partial charge in [-0.25, -0.2) is 0 Å². The highest BCUT2D eigenvalue weighted by Gasteiger charge is 2.40. The molecule has 0 bridgehead atoms. The molecule has 0 aromatic heterocycles. The number of nitrogens with one attached hydrogen (secondary N) is 1. The van der Waals surface area contributed by atoms with Gasteiger partial charge in [-0.05, 0) is 68.2 Å². The number of piperidine rings is 2. The minimum absolute atomic E-state index is 0.0955. The first-order chi connectivity index (χ1) is 12.6. The van der Waals surface area contributed by atoms with E-state index in [1.54, 1.807) is 0 Å². The van der Waals surface area contributed by atoms with Gasteiger partial charge in [0.15, 0.2) is 0 Å². The number of anilines is 1. The molecule has 1 saturated carbocycles. The van der Waals surface area contributed by atoms with Crippen LogP contribution in [0.1, 0.15) is 48.9 Å². The average Bonchev–Trinajstić information content (AvgIpc) is 3.11. The van der Waals surface area contributed by atoms with E-state index in [0.29, 0.717) is 18.3 Å². The van der Waals surface area contributed by atoms with Crippen LogP contribution in [0.3, 0.4) is 0 Å². The molecule has 4 rings (SSSR count). The molecule has 26 heavy (non-hydrogen) atoms. The van der Waals surface area contributed by atoms with Gasteiger partial charge in [0.2, 0.25) is 5.91 Å². The molecule has 1 N–H and O–H groups in total. The normalized spacial score (nSPS) is 28.4. The van der Waals surface area contributed by atoms with E-state index in [9.17, 15) is 9.59 Å². The van der Waals surface area contributed by atoms with Crippen LogP contribution in [0.15, 0.2) is 24.3 Å². The third-order valence-electron chi connectivity index (χ3n) is 6.53. The summed E-state index contributed by atoms with van der Waals surface area (Å²) in [6.45, 7) is 3.00. The van der Waals surface area contributed by atoms with Gasteiger partial charge in [-0.2, -0.15) is 0 Å². The van der Waals surface area contributed by atoms with Crippen LogP contribution in [0.5, 0.6) is 0 Å². The summed E-state index contributed by atoms with van der Waals surface area (Å²) in [5, 5.41) is 2.96. The van der Waals surface area contributed by atoms with Crippen molar-refractivity contribution in [3.63, 3.8) is 0 Å². The lowest BCUT2D eigenvalue weighted by atomic mass is 9.89. The van der Waals surface area contributed by atoms with Crippen LogP contribution >= 0.6 is 0 Å². The molecule has 2 amide bonds. The van der Waals surface area contributed by atoms with Crippen LogP contribution < -0.4 is 10.2 Å². The molecule has 3 fully saturated rings. The first-order valence-electron chi connectivity index (χ1n) is 10.0. The fourth-order valence-corrected chi connectivity index (χ4v) is 4.89. The first-order valence-corrected chi connectivity index (χ1v) is 10.0. The number of carbonyl (C=O) groups excluding carboxylic acids is 2. The van der Waals surface area contributed by atoms with E-state index in [2.05, 4.69) is 22.3 Å². The summed E-state index contributed by atoms with van der Waals surface area (Å²) in [4.78, 5) is 28.8. The maximum absolute atomic E-state index is 12.9. The van der Waals surface area contributed by atoms with E-state index in [0.717, 1.165) is 38.0 Å². The number of hydrogen-bond donors (Lipinski definition) is 1. The summed E-state index contributed by atoms with van der Waals surface area (Å²) in [5.74, 6) is 1.22. The van der Waals surface area contributed by atoms with E-state index in [4.69, 9.17) is 0 Å². The Kier molecular flexibility index (Phi) is 4.88. The lowest BCUT2D eigenvalue weighted by Gasteiger charge is -2.29. The van der Waals surface area contributed by atoms with Crippen LogP contribution in [0.4, 0.5) is 5.69 Å². The van der Waals surface area contributed by atoms with Gasteiger partial charge in [-0.1, -0.05) is 0 Å². The molecule has 0 unspecified atom stereocenters. The second kappa shape index (κ2) is 7.29. The monoisotopic (exact) mass is 355 g/mol. The zero-order valence-corrected chi connectivity index (χ0v) is 15.6. The topological polar surface area (TPSA) is 52.7 Å². The van der Waals surface area contributed by atoms with Crippen molar-refractivity contribution in [3.05, 3.63) is 29.8 Å². The molecular formula is C21H29N3O2. The van der Waals surface area contributed by atoms with Gasteiger partial charge in [0.05, 0.1) is 0 Å². The van der Waals surface area contributed by atoms with Crippen LogP contribution in [-0.2, 0) is 4.79 Å². The third-order valence-corrected chi connectivity index (χ3v) is 6.53. The smallest absolute Gasteiger partial charge is 0.253 e. The van der Waals surface area contributed by atoms with E-state index >= 15 is 0 Å². The highest BCUT2D eigenvalue weighted by molar-refractivity contribution is 5.94. The SMILES string of the molecule is CN(C(=O)c1ccc(N2CCCCC2)cc1)[C@H]1C[C@H]2CNC(=O)C[C@H]2C1. The van der Waals surface area contributed by atoms with E-state index in [-0.39, 0.29) is 17.9 Å². The van der Waals surface area contributed by atoms with Gasteiger partial charge < -0.3 is 15.1 Å². The van der Waals surface area contributed by atoms with Gasteiger partial charge >= 0.3 is 0 Å². The van der Waals surface area contributed by atoms with Crippen molar-refractivity contribution in [2.24, 2.45) is 11.8 Å². The number of hydrogen-bond acceptors (Lipinski definition) is 3. The van der Waals surface area contributed by atoms with Crippen LogP contribution in [0.25, 0.3) is 0 Å². The summed E-state index contributed by atoms with van der Waals surface area (Å²) in [5.41, 5.74) is 1.98. The second-order valence-corrected chi connectivity index (χ2v) is 8.16. The molecule has 5 heteroatoms. The summed E-state index contributed by atoms with van der Waals surface area (Å²) in [6, 6.07) is 8.35. The van der Waals surface area contributed by atoms with Gasteiger partial charge in [-0.3, -0.25) is 9.59 Å². The highest BCUT2D eigenvalue weighted by Crippen LogP contribution is 2.38. The Labute approximate surface area is 155 Å². The zero-order valence-electron chi connectivity index (χ0n) is 15.6. The Hall–Kier alpha value is -2.04. The fraction of sp³-hybridized carbons (Fsp3) is 0.619. The molecule has 2 aliphatic heterocycles. The van der Waals surface area contributed by atoms with E-state index in [1.165, 1.54) is 24.9 Å². The van der Waals surface area contributed by atoms with Crippen LogP contribution in [0.2, 0.25) is 0 Å². The lowest BCUT2D eigenvalue weighted by molar-refractivity contribution is -0.124. The van der Waals surface area contributed by atoms with Crippen molar-refractivity contribution < 1.29 is 9.59 Å². The van der Waals surface area contributed by atoms with Gasteiger partial charge in [0.1, 0.15) is 0 Å². The van der Waals surface area contributed by atoms with Crippen molar-refractivity contribution in [1.82, 2.24) is 10.2 Å². The predicted octanol–water partition coefficient (Wildman–Crippen LogP) is 2.66. The van der Waals surface area contributed by atoms with Crippen LogP contribution in [-0.4, -0.2) is 49.4 Å². The number of amides is 2. The van der Waals surface area contributed by atoms with Gasteiger partial charge in [0.25, 0.3) is 5.91 Å². The second-order valence-electron chi connectivity index (χ2n) is 8.16. The van der Waals surface area contributed by atoms with Crippen molar-refractivity contribution in [3.8, 4) is 0 Å². The summed E-state index contributed by atoms with van der Waals surface area (Å²) >= 11 is 0. The molecule has 1 aliphatic carbocycles. The van der Waals surface area contributed by atoms with Crippen molar-refractivity contribution >= 4 is 17.5 Å². The highest BCUT2D eigenvalue weighted by atomic mass is 16.2. The minimum atomic E-state index is 0.0955. The van der Waals surface area contributed by atoms with Crippen molar-refractivity contribution in [1.29, 1.82) is 0 Å². The maximum atomic E-state index is 12.9. The summed E-state index contributed by atoms with van der Waals surface area (Å²) < 4.78 is 0. The zero-order chi connectivity index (χ0) is 18.1. The van der Waals surface area contributed by atoms with E-state index in [1.807, 2.05) is 24.1 Å². The summed E-state index contributed by atoms with van der Waals surface area (Å²) in [7, 11) is 1.91. The number of rotatable bonds is 3. The molecule has 1 aromatic carbocycles. The fourth-order valence-electron chi connectivity index (χ4n) is 4.89. The van der Waals surface area contributed by atoms with Crippen molar-refractivity contribution in [2.75, 3.05) is 31.6 Å². The third kappa shape index (κ3) is 3.44. The van der Waals surface area contributed by atoms with Gasteiger partial charge in [0, 0.05) is 50.4 Å². The van der Waals surface area contributed by atoms with Gasteiger partial charge in [-0.15, -0.1) is 0 Å².